The first-order chi connectivity index (χ1) is 11.8. The maximum atomic E-state index is 5.98. The number of hydrogen-bond acceptors (Lipinski definition) is 2. The van der Waals surface area contributed by atoms with Gasteiger partial charge in [0.25, 0.3) is 0 Å². The molecule has 1 heterocycles. The SMILES string of the molecule is Cl.Clc1ccc(Nc2cc(-c3ccccc3)nc3ccccc23)cc1. The largest absolute Gasteiger partial charge is 0.355 e. The van der Waals surface area contributed by atoms with Crippen LogP contribution in [0.2, 0.25) is 5.02 Å². The number of para-hydroxylation sites is 1. The van der Waals surface area contributed by atoms with Gasteiger partial charge in [0.05, 0.1) is 16.9 Å². The maximum absolute atomic E-state index is 5.98. The van der Waals surface area contributed by atoms with Crippen LogP contribution in [0.5, 0.6) is 0 Å². The van der Waals surface area contributed by atoms with Gasteiger partial charge in [0.1, 0.15) is 0 Å². The summed E-state index contributed by atoms with van der Waals surface area (Å²) < 4.78 is 0. The summed E-state index contributed by atoms with van der Waals surface area (Å²) in [4.78, 5) is 4.80. The van der Waals surface area contributed by atoms with Crippen LogP contribution in [-0.4, -0.2) is 4.98 Å². The first-order valence-corrected chi connectivity index (χ1v) is 8.15. The lowest BCUT2D eigenvalue weighted by atomic mass is 10.1. The number of fused-ring (bicyclic) bond motifs is 1. The van der Waals surface area contributed by atoms with Crippen molar-refractivity contribution in [3.63, 3.8) is 0 Å². The highest BCUT2D eigenvalue weighted by Gasteiger charge is 2.07. The predicted octanol–water partition coefficient (Wildman–Crippen LogP) is 6.72. The van der Waals surface area contributed by atoms with Crippen LogP contribution in [0.3, 0.4) is 0 Å². The van der Waals surface area contributed by atoms with Crippen LogP contribution in [0.1, 0.15) is 0 Å². The average Bonchev–Trinajstić information content (AvgIpc) is 2.64. The number of aromatic nitrogens is 1. The summed E-state index contributed by atoms with van der Waals surface area (Å²) in [5.74, 6) is 0. The molecule has 0 amide bonds. The third-order valence-corrected chi connectivity index (χ3v) is 4.16. The highest BCUT2D eigenvalue weighted by molar-refractivity contribution is 6.30. The molecule has 0 radical (unpaired) electrons. The third kappa shape index (κ3) is 3.76. The van der Waals surface area contributed by atoms with Crippen LogP contribution in [0.15, 0.2) is 84.9 Å². The number of anilines is 2. The third-order valence-electron chi connectivity index (χ3n) is 3.91. The lowest BCUT2D eigenvalue weighted by molar-refractivity contribution is 1.39. The first-order valence-electron chi connectivity index (χ1n) is 7.77. The molecule has 0 aliphatic rings. The first kappa shape index (κ1) is 17.3. The van der Waals surface area contributed by atoms with Crippen molar-refractivity contribution in [1.82, 2.24) is 4.98 Å². The molecule has 4 rings (SSSR count). The standard InChI is InChI=1S/C21H15ClN2.ClH/c22-16-10-12-17(13-11-16)23-21-14-20(15-6-2-1-3-7-15)24-19-9-5-4-8-18(19)21;/h1-14H,(H,23,24);1H. The second-order valence-electron chi connectivity index (χ2n) is 5.57. The summed E-state index contributed by atoms with van der Waals surface area (Å²) in [5, 5.41) is 5.30. The molecule has 1 aromatic heterocycles. The lowest BCUT2D eigenvalue weighted by Gasteiger charge is -2.12. The Hall–Kier alpha value is -2.55. The summed E-state index contributed by atoms with van der Waals surface area (Å²) >= 11 is 5.98. The quantitative estimate of drug-likeness (QED) is 0.435. The van der Waals surface area contributed by atoms with E-state index in [9.17, 15) is 0 Å². The number of benzene rings is 3. The van der Waals surface area contributed by atoms with E-state index in [1.807, 2.05) is 60.7 Å². The molecule has 0 aliphatic heterocycles. The van der Waals surface area contributed by atoms with Crippen LogP contribution in [0.25, 0.3) is 22.2 Å². The van der Waals surface area contributed by atoms with Gasteiger partial charge in [-0.25, -0.2) is 4.98 Å². The maximum Gasteiger partial charge on any atom is 0.0730 e. The van der Waals surface area contributed by atoms with Crippen LogP contribution in [0, 0.1) is 0 Å². The topological polar surface area (TPSA) is 24.9 Å². The number of pyridine rings is 1. The zero-order valence-corrected chi connectivity index (χ0v) is 14.9. The minimum absolute atomic E-state index is 0. The van der Waals surface area contributed by atoms with E-state index in [1.54, 1.807) is 0 Å². The van der Waals surface area contributed by atoms with Gasteiger partial charge in [0, 0.05) is 21.7 Å². The Bertz CT molecular complexity index is 984. The lowest BCUT2D eigenvalue weighted by Crippen LogP contribution is -1.95. The second-order valence-corrected chi connectivity index (χ2v) is 6.01. The smallest absolute Gasteiger partial charge is 0.0730 e. The molecule has 124 valence electrons. The fraction of sp³-hybridized carbons (Fsp3) is 0. The van der Waals surface area contributed by atoms with Gasteiger partial charge >= 0.3 is 0 Å². The molecule has 0 saturated carbocycles. The molecule has 25 heavy (non-hydrogen) atoms. The average molecular weight is 367 g/mol. The van der Waals surface area contributed by atoms with Gasteiger partial charge in [-0.05, 0) is 36.4 Å². The predicted molar refractivity (Wildman–Crippen MR) is 109 cm³/mol. The fourth-order valence-corrected chi connectivity index (χ4v) is 2.85. The van der Waals surface area contributed by atoms with Gasteiger partial charge in [0.15, 0.2) is 0 Å². The Labute approximate surface area is 157 Å². The zero-order valence-electron chi connectivity index (χ0n) is 13.3. The Morgan fingerprint density at radius 1 is 0.760 bits per heavy atom. The number of halogens is 2. The second kappa shape index (κ2) is 7.56. The zero-order chi connectivity index (χ0) is 16.4. The Kier molecular flexibility index (Phi) is 5.22. The van der Waals surface area contributed by atoms with Crippen molar-refractivity contribution in [1.29, 1.82) is 0 Å². The molecule has 0 spiro atoms. The van der Waals surface area contributed by atoms with Gasteiger partial charge in [0.2, 0.25) is 0 Å². The van der Waals surface area contributed by atoms with Crippen molar-refractivity contribution in [2.24, 2.45) is 0 Å². The van der Waals surface area contributed by atoms with E-state index in [-0.39, 0.29) is 12.4 Å². The van der Waals surface area contributed by atoms with E-state index in [4.69, 9.17) is 16.6 Å². The van der Waals surface area contributed by atoms with Crippen LogP contribution in [-0.2, 0) is 0 Å². The molecule has 0 fully saturated rings. The number of nitrogens with one attached hydrogen (secondary N) is 1. The van der Waals surface area contributed by atoms with E-state index < -0.39 is 0 Å². The van der Waals surface area contributed by atoms with Crippen LogP contribution < -0.4 is 5.32 Å². The summed E-state index contributed by atoms with van der Waals surface area (Å²) in [6.07, 6.45) is 0. The van der Waals surface area contributed by atoms with Crippen LogP contribution in [0.4, 0.5) is 11.4 Å². The van der Waals surface area contributed by atoms with Crippen molar-refractivity contribution < 1.29 is 0 Å². The number of hydrogen-bond donors (Lipinski definition) is 1. The Balaban J connectivity index is 0.00000182. The van der Waals surface area contributed by atoms with Gasteiger partial charge in [-0.2, -0.15) is 0 Å². The van der Waals surface area contributed by atoms with Crippen molar-refractivity contribution >= 4 is 46.3 Å². The molecule has 0 aliphatic carbocycles. The molecule has 0 atom stereocenters. The van der Waals surface area contributed by atoms with Gasteiger partial charge in [-0.1, -0.05) is 60.1 Å². The molecule has 3 aromatic carbocycles. The molecule has 0 bridgehead atoms. The summed E-state index contributed by atoms with van der Waals surface area (Å²) in [6.45, 7) is 0. The van der Waals surface area contributed by atoms with E-state index in [2.05, 4.69) is 29.6 Å². The van der Waals surface area contributed by atoms with E-state index in [0.29, 0.717) is 0 Å². The van der Waals surface area contributed by atoms with Gasteiger partial charge in [-0.3, -0.25) is 0 Å². The molecule has 1 N–H and O–H groups in total. The van der Waals surface area contributed by atoms with Crippen LogP contribution >= 0.6 is 24.0 Å². The normalized spacial score (nSPS) is 10.3. The molecule has 4 heteroatoms. The van der Waals surface area contributed by atoms with Gasteiger partial charge < -0.3 is 5.32 Å². The molecular weight excluding hydrogens is 351 g/mol. The Morgan fingerprint density at radius 2 is 1.44 bits per heavy atom. The fourth-order valence-electron chi connectivity index (χ4n) is 2.72. The molecule has 4 aromatic rings. The highest BCUT2D eigenvalue weighted by atomic mass is 35.5. The van der Waals surface area contributed by atoms with E-state index >= 15 is 0 Å². The number of nitrogens with zero attached hydrogens (tertiary/aromatic N) is 1. The molecular formula is C21H16Cl2N2. The number of rotatable bonds is 3. The Morgan fingerprint density at radius 3 is 2.20 bits per heavy atom. The van der Waals surface area contributed by atoms with Crippen molar-refractivity contribution in [3.05, 3.63) is 90.0 Å². The van der Waals surface area contributed by atoms with E-state index in [1.165, 1.54) is 0 Å². The monoisotopic (exact) mass is 366 g/mol. The summed E-state index contributed by atoms with van der Waals surface area (Å²) in [5.41, 5.74) is 5.04. The summed E-state index contributed by atoms with van der Waals surface area (Å²) in [6, 6.07) is 28.2. The van der Waals surface area contributed by atoms with E-state index in [0.717, 1.165) is 38.6 Å². The minimum Gasteiger partial charge on any atom is -0.355 e. The van der Waals surface area contributed by atoms with Crippen molar-refractivity contribution in [3.8, 4) is 11.3 Å². The van der Waals surface area contributed by atoms with Gasteiger partial charge in [-0.15, -0.1) is 12.4 Å². The van der Waals surface area contributed by atoms with Crippen molar-refractivity contribution in [2.75, 3.05) is 5.32 Å². The molecule has 2 nitrogen and oxygen atoms in total. The van der Waals surface area contributed by atoms with Crippen molar-refractivity contribution in [2.45, 2.75) is 0 Å². The minimum atomic E-state index is 0. The highest BCUT2D eigenvalue weighted by Crippen LogP contribution is 2.30. The summed E-state index contributed by atoms with van der Waals surface area (Å²) in [7, 11) is 0. The molecule has 0 saturated heterocycles. The molecule has 0 unspecified atom stereocenters.